The Hall–Kier alpha value is -3.09. The molecule has 2 heterocycles. The highest BCUT2D eigenvalue weighted by atomic mass is 19.1. The van der Waals surface area contributed by atoms with Crippen LogP contribution in [0.2, 0.25) is 0 Å². The van der Waals surface area contributed by atoms with Gasteiger partial charge >= 0.3 is 0 Å². The molecule has 3 aliphatic rings. The lowest BCUT2D eigenvalue weighted by atomic mass is 10.0. The van der Waals surface area contributed by atoms with Gasteiger partial charge in [-0.15, -0.1) is 0 Å². The van der Waals surface area contributed by atoms with Crippen LogP contribution in [0.4, 0.5) is 4.39 Å². The maximum atomic E-state index is 13.3. The minimum atomic E-state index is -0.279. The fourth-order valence-corrected chi connectivity index (χ4v) is 4.49. The minimum absolute atomic E-state index is 0.0658. The van der Waals surface area contributed by atoms with Crippen LogP contribution in [-0.2, 0) is 16.2 Å². The summed E-state index contributed by atoms with van der Waals surface area (Å²) >= 11 is 0. The van der Waals surface area contributed by atoms with Crippen molar-refractivity contribution in [3.8, 4) is 11.5 Å². The molecule has 6 nitrogen and oxygen atoms in total. The second-order valence-electron chi connectivity index (χ2n) is 8.36. The molecule has 5 rings (SSSR count). The topological polar surface area (TPSA) is 60.4 Å². The lowest BCUT2D eigenvalue weighted by Gasteiger charge is -2.27. The highest BCUT2D eigenvalue weighted by Crippen LogP contribution is 2.34. The molecule has 2 aliphatic heterocycles. The van der Waals surface area contributed by atoms with Crippen LogP contribution in [0.3, 0.4) is 0 Å². The van der Waals surface area contributed by atoms with Crippen molar-refractivity contribution in [1.82, 2.24) is 4.90 Å². The van der Waals surface area contributed by atoms with Crippen molar-refractivity contribution >= 4 is 11.6 Å². The Labute approximate surface area is 180 Å². The molecular formula is C24H25FN2O4. The Morgan fingerprint density at radius 1 is 1.06 bits per heavy atom. The first-order valence-corrected chi connectivity index (χ1v) is 10.8. The fraction of sp³-hybridized carbons (Fsp3) is 0.417. The smallest absolute Gasteiger partial charge is 0.231 e. The Bertz CT molecular complexity index is 986. The summed E-state index contributed by atoms with van der Waals surface area (Å²) in [5.41, 5.74) is 2.67. The predicted molar refractivity (Wildman–Crippen MR) is 112 cm³/mol. The number of hydrogen-bond donors (Lipinski definition) is 0. The third-order valence-corrected chi connectivity index (χ3v) is 6.17. The van der Waals surface area contributed by atoms with Gasteiger partial charge in [-0.1, -0.05) is 30.1 Å². The second-order valence-corrected chi connectivity index (χ2v) is 8.36. The van der Waals surface area contributed by atoms with E-state index in [9.17, 15) is 9.18 Å². The second kappa shape index (κ2) is 8.57. The zero-order chi connectivity index (χ0) is 21.2. The zero-order valence-electron chi connectivity index (χ0n) is 17.3. The van der Waals surface area contributed by atoms with E-state index in [0.29, 0.717) is 25.3 Å². The van der Waals surface area contributed by atoms with E-state index in [1.165, 1.54) is 12.1 Å². The average Bonchev–Trinajstić information content (AvgIpc) is 3.55. The van der Waals surface area contributed by atoms with Crippen LogP contribution in [0.1, 0.15) is 43.2 Å². The lowest BCUT2D eigenvalue weighted by Crippen LogP contribution is -2.40. The van der Waals surface area contributed by atoms with Crippen LogP contribution in [0.25, 0.3) is 0 Å². The van der Waals surface area contributed by atoms with Gasteiger partial charge in [0.2, 0.25) is 12.7 Å². The molecule has 0 spiro atoms. The standard InChI is InChI=1S/C24H25FN2O4/c25-19-8-5-16(6-9-19)13-27(24(28)17-3-1-2-4-17)14-20-12-21(26-31-20)18-7-10-22-23(11-18)30-15-29-22/h5-11,17,20H,1-4,12-15H2/t20-/m0/s1. The number of ether oxygens (including phenoxy) is 2. The van der Waals surface area contributed by atoms with Crippen LogP contribution >= 0.6 is 0 Å². The maximum Gasteiger partial charge on any atom is 0.231 e. The minimum Gasteiger partial charge on any atom is -0.454 e. The van der Waals surface area contributed by atoms with E-state index in [0.717, 1.165) is 48.3 Å². The fourth-order valence-electron chi connectivity index (χ4n) is 4.49. The number of rotatable bonds is 6. The van der Waals surface area contributed by atoms with Gasteiger partial charge in [0.25, 0.3) is 0 Å². The number of fused-ring (bicyclic) bond motifs is 1. The van der Waals surface area contributed by atoms with Crippen molar-refractivity contribution in [1.29, 1.82) is 0 Å². The Kier molecular flexibility index (Phi) is 5.49. The van der Waals surface area contributed by atoms with E-state index >= 15 is 0 Å². The van der Waals surface area contributed by atoms with Crippen LogP contribution in [0.15, 0.2) is 47.6 Å². The van der Waals surface area contributed by atoms with E-state index in [1.54, 1.807) is 12.1 Å². The van der Waals surface area contributed by atoms with Gasteiger partial charge in [0.1, 0.15) is 5.82 Å². The van der Waals surface area contributed by atoms with Crippen molar-refractivity contribution in [3.63, 3.8) is 0 Å². The van der Waals surface area contributed by atoms with Gasteiger partial charge in [0.15, 0.2) is 17.6 Å². The van der Waals surface area contributed by atoms with Crippen LogP contribution in [0, 0.1) is 11.7 Å². The summed E-state index contributed by atoms with van der Waals surface area (Å²) in [6.45, 7) is 1.12. The molecule has 7 heteroatoms. The number of carbonyl (C=O) groups excluding carboxylic acids is 1. The van der Waals surface area contributed by atoms with Gasteiger partial charge < -0.3 is 19.2 Å². The highest BCUT2D eigenvalue weighted by molar-refractivity contribution is 6.01. The molecule has 0 unspecified atom stereocenters. The molecule has 0 radical (unpaired) electrons. The Morgan fingerprint density at radius 3 is 2.65 bits per heavy atom. The monoisotopic (exact) mass is 424 g/mol. The lowest BCUT2D eigenvalue weighted by molar-refractivity contribution is -0.137. The van der Waals surface area contributed by atoms with Gasteiger partial charge in [-0.2, -0.15) is 0 Å². The SMILES string of the molecule is O=C(C1CCCC1)N(Cc1ccc(F)cc1)C[C@@H]1CC(c2ccc3c(c2)OCO3)=NO1. The van der Waals surface area contributed by atoms with Crippen LogP contribution in [-0.4, -0.2) is 36.0 Å². The molecule has 162 valence electrons. The van der Waals surface area contributed by atoms with Crippen molar-refractivity contribution in [2.45, 2.75) is 44.8 Å². The third kappa shape index (κ3) is 4.36. The number of amides is 1. The number of carbonyl (C=O) groups is 1. The molecule has 0 bridgehead atoms. The summed E-state index contributed by atoms with van der Waals surface area (Å²) in [6.07, 6.45) is 4.45. The van der Waals surface area contributed by atoms with Gasteiger partial charge in [0, 0.05) is 24.4 Å². The molecule has 0 saturated heterocycles. The molecule has 1 aliphatic carbocycles. The molecule has 0 aromatic heterocycles. The number of hydrogen-bond acceptors (Lipinski definition) is 5. The van der Waals surface area contributed by atoms with E-state index in [1.807, 2.05) is 23.1 Å². The van der Waals surface area contributed by atoms with E-state index in [2.05, 4.69) is 5.16 Å². The Morgan fingerprint density at radius 2 is 1.84 bits per heavy atom. The van der Waals surface area contributed by atoms with Gasteiger partial charge in [0.05, 0.1) is 12.3 Å². The highest BCUT2D eigenvalue weighted by Gasteiger charge is 2.32. The maximum absolute atomic E-state index is 13.3. The van der Waals surface area contributed by atoms with Gasteiger partial charge in [-0.3, -0.25) is 4.79 Å². The molecular weight excluding hydrogens is 399 g/mol. The van der Waals surface area contributed by atoms with E-state index in [4.69, 9.17) is 14.3 Å². The molecule has 2 aromatic rings. The molecule has 31 heavy (non-hydrogen) atoms. The third-order valence-electron chi connectivity index (χ3n) is 6.17. The first kappa shape index (κ1) is 19.8. The summed E-state index contributed by atoms with van der Waals surface area (Å²) in [4.78, 5) is 20.8. The summed E-state index contributed by atoms with van der Waals surface area (Å²) < 4.78 is 24.1. The normalized spacial score (nSPS) is 19.9. The number of nitrogens with zero attached hydrogens (tertiary/aromatic N) is 2. The van der Waals surface area contributed by atoms with Crippen molar-refractivity contribution in [3.05, 3.63) is 59.4 Å². The van der Waals surface area contributed by atoms with Crippen molar-refractivity contribution in [2.24, 2.45) is 11.1 Å². The summed E-state index contributed by atoms with van der Waals surface area (Å²) in [7, 11) is 0. The summed E-state index contributed by atoms with van der Waals surface area (Å²) in [5.74, 6) is 1.38. The number of halogens is 1. The predicted octanol–water partition coefficient (Wildman–Crippen LogP) is 4.27. The first-order valence-electron chi connectivity index (χ1n) is 10.8. The van der Waals surface area contributed by atoms with Gasteiger partial charge in [-0.05, 0) is 48.7 Å². The molecule has 1 saturated carbocycles. The van der Waals surface area contributed by atoms with Crippen LogP contribution in [0.5, 0.6) is 11.5 Å². The molecule has 1 fully saturated rings. The quantitative estimate of drug-likeness (QED) is 0.695. The number of benzene rings is 2. The average molecular weight is 424 g/mol. The molecule has 0 N–H and O–H groups in total. The van der Waals surface area contributed by atoms with Gasteiger partial charge in [-0.25, -0.2) is 4.39 Å². The first-order chi connectivity index (χ1) is 15.2. The van der Waals surface area contributed by atoms with Crippen molar-refractivity contribution < 1.29 is 23.5 Å². The Balaban J connectivity index is 1.27. The summed E-state index contributed by atoms with van der Waals surface area (Å²) in [6, 6.07) is 12.0. The van der Waals surface area contributed by atoms with Crippen molar-refractivity contribution in [2.75, 3.05) is 13.3 Å². The zero-order valence-corrected chi connectivity index (χ0v) is 17.3. The largest absolute Gasteiger partial charge is 0.454 e. The summed E-state index contributed by atoms with van der Waals surface area (Å²) in [5, 5.41) is 4.27. The molecule has 1 amide bonds. The number of oxime groups is 1. The van der Waals surface area contributed by atoms with Crippen LogP contribution < -0.4 is 9.47 Å². The molecule has 1 atom stereocenters. The van der Waals surface area contributed by atoms with E-state index < -0.39 is 0 Å². The van der Waals surface area contributed by atoms with E-state index in [-0.39, 0.29) is 30.5 Å². The molecule has 2 aromatic carbocycles.